The summed E-state index contributed by atoms with van der Waals surface area (Å²) in [6.07, 6.45) is 1.31. The zero-order valence-corrected chi connectivity index (χ0v) is 21.5. The monoisotopic (exact) mass is 507 g/mol. The Labute approximate surface area is 213 Å². The van der Waals surface area contributed by atoms with Gasteiger partial charge in [0.2, 0.25) is 11.8 Å². The first-order valence-corrected chi connectivity index (χ1v) is 13.5. The van der Waals surface area contributed by atoms with E-state index in [0.717, 1.165) is 16.3 Å². The highest BCUT2D eigenvalue weighted by Crippen LogP contribution is 2.24. The van der Waals surface area contributed by atoms with E-state index in [0.29, 0.717) is 18.7 Å². The molecule has 0 saturated carbocycles. The number of hydrogen-bond donors (Lipinski definition) is 1. The molecule has 0 aliphatic carbocycles. The fraction of sp³-hybridized carbons (Fsp3) is 0.286. The molecule has 0 spiro atoms. The minimum Gasteiger partial charge on any atom is -0.354 e. The van der Waals surface area contributed by atoms with Crippen molar-refractivity contribution in [3.63, 3.8) is 0 Å². The molecule has 2 amide bonds. The van der Waals surface area contributed by atoms with Gasteiger partial charge in [-0.05, 0) is 49.6 Å². The van der Waals surface area contributed by atoms with Crippen molar-refractivity contribution in [1.29, 1.82) is 0 Å². The average molecular weight is 508 g/mol. The third kappa shape index (κ3) is 6.95. The molecule has 0 aliphatic rings. The Bertz CT molecular complexity index is 1220. The van der Waals surface area contributed by atoms with Gasteiger partial charge in [0.15, 0.2) is 0 Å². The predicted octanol–water partition coefficient (Wildman–Crippen LogP) is 3.87. The van der Waals surface area contributed by atoms with Gasteiger partial charge in [-0.1, -0.05) is 73.7 Å². The van der Waals surface area contributed by atoms with Crippen LogP contribution in [0.25, 0.3) is 0 Å². The molecule has 0 bridgehead atoms. The molecule has 0 aliphatic heterocycles. The second-order valence-electron chi connectivity index (χ2n) is 8.45. The van der Waals surface area contributed by atoms with Gasteiger partial charge in [-0.25, -0.2) is 8.42 Å². The van der Waals surface area contributed by atoms with Gasteiger partial charge in [0, 0.05) is 13.1 Å². The van der Waals surface area contributed by atoms with Gasteiger partial charge >= 0.3 is 0 Å². The summed E-state index contributed by atoms with van der Waals surface area (Å²) in [5.41, 5.74) is 1.40. The van der Waals surface area contributed by atoms with Crippen molar-refractivity contribution in [3.8, 4) is 0 Å². The maximum Gasteiger partial charge on any atom is 0.264 e. The highest BCUT2D eigenvalue weighted by molar-refractivity contribution is 7.92. The molecule has 190 valence electrons. The predicted molar refractivity (Wildman–Crippen MR) is 142 cm³/mol. The summed E-state index contributed by atoms with van der Waals surface area (Å²) in [4.78, 5) is 28.0. The number of carbonyl (C=O) groups is 2. The standard InChI is InChI=1S/C28H33N3O4S/c1-3-20-29-28(33)23(2)30(21-19-24-13-7-4-8-14-24)27(32)22-31(25-15-9-5-10-16-25)36(34,35)26-17-11-6-12-18-26/h4-18,23H,3,19-22H2,1-2H3,(H,29,33). The fourth-order valence-corrected chi connectivity index (χ4v) is 5.24. The maximum atomic E-state index is 13.7. The molecule has 0 radical (unpaired) electrons. The van der Waals surface area contributed by atoms with Crippen LogP contribution in [0.15, 0.2) is 95.9 Å². The van der Waals surface area contributed by atoms with Gasteiger partial charge in [0.25, 0.3) is 10.0 Å². The van der Waals surface area contributed by atoms with Gasteiger partial charge in [-0.3, -0.25) is 13.9 Å². The quantitative estimate of drug-likeness (QED) is 0.403. The zero-order chi connectivity index (χ0) is 26.0. The normalized spacial score (nSPS) is 11.9. The van der Waals surface area contributed by atoms with Crippen molar-refractivity contribution in [2.45, 2.75) is 37.6 Å². The van der Waals surface area contributed by atoms with E-state index < -0.39 is 28.5 Å². The lowest BCUT2D eigenvalue weighted by Crippen LogP contribution is -2.52. The van der Waals surface area contributed by atoms with Gasteiger partial charge in [-0.15, -0.1) is 0 Å². The lowest BCUT2D eigenvalue weighted by atomic mass is 10.1. The Kier molecular flexibility index (Phi) is 9.64. The van der Waals surface area contributed by atoms with Crippen molar-refractivity contribution >= 4 is 27.5 Å². The lowest BCUT2D eigenvalue weighted by Gasteiger charge is -2.32. The number of para-hydroxylation sites is 1. The number of rotatable bonds is 12. The van der Waals surface area contributed by atoms with Crippen molar-refractivity contribution in [3.05, 3.63) is 96.6 Å². The number of nitrogens with one attached hydrogen (secondary N) is 1. The number of hydrogen-bond acceptors (Lipinski definition) is 4. The van der Waals surface area contributed by atoms with Crippen LogP contribution in [-0.4, -0.2) is 50.8 Å². The molecular weight excluding hydrogens is 474 g/mol. The van der Waals surface area contributed by atoms with E-state index in [4.69, 9.17) is 0 Å². The molecule has 0 fully saturated rings. The first-order valence-electron chi connectivity index (χ1n) is 12.1. The molecule has 0 saturated heterocycles. The summed E-state index contributed by atoms with van der Waals surface area (Å²) in [5, 5.41) is 2.84. The van der Waals surface area contributed by atoms with Crippen LogP contribution in [0, 0.1) is 0 Å². The minimum absolute atomic E-state index is 0.0891. The number of anilines is 1. The van der Waals surface area contributed by atoms with Crippen molar-refractivity contribution < 1.29 is 18.0 Å². The second-order valence-corrected chi connectivity index (χ2v) is 10.3. The van der Waals surface area contributed by atoms with E-state index in [1.165, 1.54) is 17.0 Å². The van der Waals surface area contributed by atoms with E-state index in [9.17, 15) is 18.0 Å². The Morgan fingerprint density at radius 3 is 2.00 bits per heavy atom. The molecule has 8 heteroatoms. The molecule has 3 aromatic rings. The average Bonchev–Trinajstić information content (AvgIpc) is 2.91. The molecule has 0 heterocycles. The number of amides is 2. The lowest BCUT2D eigenvalue weighted by molar-refractivity contribution is -0.138. The number of benzene rings is 3. The van der Waals surface area contributed by atoms with E-state index >= 15 is 0 Å². The van der Waals surface area contributed by atoms with Crippen molar-refractivity contribution in [2.24, 2.45) is 0 Å². The zero-order valence-electron chi connectivity index (χ0n) is 20.7. The first-order chi connectivity index (χ1) is 17.3. The van der Waals surface area contributed by atoms with E-state index in [2.05, 4.69) is 5.32 Å². The fourth-order valence-electron chi connectivity index (χ4n) is 3.81. The van der Waals surface area contributed by atoms with Crippen LogP contribution in [0.3, 0.4) is 0 Å². The van der Waals surface area contributed by atoms with Gasteiger partial charge in [0.1, 0.15) is 12.6 Å². The van der Waals surface area contributed by atoms with Crippen LogP contribution < -0.4 is 9.62 Å². The Balaban J connectivity index is 1.92. The second kappa shape index (κ2) is 12.9. The summed E-state index contributed by atoms with van der Waals surface area (Å²) in [5.74, 6) is -0.719. The van der Waals surface area contributed by atoms with Crippen LogP contribution in [-0.2, 0) is 26.0 Å². The molecule has 7 nitrogen and oxygen atoms in total. The molecule has 3 aromatic carbocycles. The highest BCUT2D eigenvalue weighted by atomic mass is 32.2. The summed E-state index contributed by atoms with van der Waals surface area (Å²) >= 11 is 0. The highest BCUT2D eigenvalue weighted by Gasteiger charge is 2.32. The first kappa shape index (κ1) is 26.9. The molecule has 3 rings (SSSR count). The van der Waals surface area contributed by atoms with Gasteiger partial charge < -0.3 is 10.2 Å². The SMILES string of the molecule is CCCNC(=O)C(C)N(CCc1ccccc1)C(=O)CN(c1ccccc1)S(=O)(=O)c1ccccc1. The third-order valence-electron chi connectivity index (χ3n) is 5.85. The molecule has 1 unspecified atom stereocenters. The molecule has 36 heavy (non-hydrogen) atoms. The summed E-state index contributed by atoms with van der Waals surface area (Å²) in [6.45, 7) is 3.98. The molecule has 1 N–H and O–H groups in total. The maximum absolute atomic E-state index is 13.7. The van der Waals surface area contributed by atoms with E-state index in [1.54, 1.807) is 55.5 Å². The summed E-state index contributed by atoms with van der Waals surface area (Å²) in [6, 6.07) is 25.5. The minimum atomic E-state index is -4.02. The van der Waals surface area contributed by atoms with Crippen molar-refractivity contribution in [2.75, 3.05) is 23.9 Å². The molecule has 0 aromatic heterocycles. The van der Waals surface area contributed by atoms with E-state index in [1.807, 2.05) is 37.3 Å². The smallest absolute Gasteiger partial charge is 0.264 e. The van der Waals surface area contributed by atoms with Crippen LogP contribution in [0.2, 0.25) is 0 Å². The van der Waals surface area contributed by atoms with Crippen LogP contribution >= 0.6 is 0 Å². The van der Waals surface area contributed by atoms with Crippen LogP contribution in [0.5, 0.6) is 0 Å². The van der Waals surface area contributed by atoms with Gasteiger partial charge in [0.05, 0.1) is 10.6 Å². The molecular formula is C28H33N3O4S. The topological polar surface area (TPSA) is 86.8 Å². The number of nitrogens with zero attached hydrogens (tertiary/aromatic N) is 2. The molecule has 1 atom stereocenters. The van der Waals surface area contributed by atoms with E-state index in [-0.39, 0.29) is 17.3 Å². The van der Waals surface area contributed by atoms with Crippen molar-refractivity contribution in [1.82, 2.24) is 10.2 Å². The summed E-state index contributed by atoms with van der Waals surface area (Å²) in [7, 11) is -4.02. The van der Waals surface area contributed by atoms with Gasteiger partial charge in [-0.2, -0.15) is 0 Å². The van der Waals surface area contributed by atoms with Crippen LogP contribution in [0.1, 0.15) is 25.8 Å². The Hall–Kier alpha value is -3.65. The number of sulfonamides is 1. The summed E-state index contributed by atoms with van der Waals surface area (Å²) < 4.78 is 28.3. The Morgan fingerprint density at radius 2 is 1.42 bits per heavy atom. The largest absolute Gasteiger partial charge is 0.354 e. The number of carbonyl (C=O) groups excluding carboxylic acids is 2. The van der Waals surface area contributed by atoms with Crippen LogP contribution in [0.4, 0.5) is 5.69 Å². The Morgan fingerprint density at radius 1 is 0.861 bits per heavy atom. The third-order valence-corrected chi connectivity index (χ3v) is 7.64.